The van der Waals surface area contributed by atoms with Crippen LogP contribution in [0.2, 0.25) is 0 Å². The predicted octanol–water partition coefficient (Wildman–Crippen LogP) is 3.94. The van der Waals surface area contributed by atoms with Crippen LogP contribution in [0.3, 0.4) is 0 Å². The summed E-state index contributed by atoms with van der Waals surface area (Å²) < 4.78 is 7.12. The van der Waals surface area contributed by atoms with E-state index in [4.69, 9.17) is 4.74 Å². The monoisotopic (exact) mass is 355 g/mol. The fourth-order valence-electron chi connectivity index (χ4n) is 2.96. The van der Waals surface area contributed by atoms with E-state index in [1.54, 1.807) is 0 Å². The Kier molecular flexibility index (Phi) is 6.08. The lowest BCUT2D eigenvalue weighted by atomic mass is 9.85. The van der Waals surface area contributed by atoms with Crippen molar-refractivity contribution in [3.8, 4) is 5.75 Å². The first kappa shape index (κ1) is 16.8. The van der Waals surface area contributed by atoms with Gasteiger partial charge in [0.1, 0.15) is 12.4 Å². The van der Waals surface area contributed by atoms with Gasteiger partial charge in [-0.2, -0.15) is 0 Å². The summed E-state index contributed by atoms with van der Waals surface area (Å²) in [5, 5.41) is 13.9. The van der Waals surface area contributed by atoms with Gasteiger partial charge < -0.3 is 15.2 Å². The van der Waals surface area contributed by atoms with Gasteiger partial charge in [0.05, 0.1) is 5.60 Å². The molecular formula is C17H26BrNO2. The van der Waals surface area contributed by atoms with Gasteiger partial charge in [0, 0.05) is 16.6 Å². The van der Waals surface area contributed by atoms with Crippen molar-refractivity contribution in [2.24, 2.45) is 0 Å². The molecule has 118 valence electrons. The number of hydrogen-bond donors (Lipinski definition) is 2. The molecule has 3 nitrogen and oxygen atoms in total. The van der Waals surface area contributed by atoms with Crippen LogP contribution in [0.4, 0.5) is 0 Å². The molecule has 0 amide bonds. The molecule has 0 spiro atoms. The lowest BCUT2D eigenvalue weighted by Crippen LogP contribution is -2.38. The van der Waals surface area contributed by atoms with Gasteiger partial charge in [0.2, 0.25) is 0 Å². The van der Waals surface area contributed by atoms with Crippen LogP contribution in [0.1, 0.15) is 50.2 Å². The Hall–Kier alpha value is -0.580. The molecule has 1 aliphatic rings. The Balaban J connectivity index is 2.10. The van der Waals surface area contributed by atoms with E-state index in [9.17, 15) is 5.11 Å². The summed E-state index contributed by atoms with van der Waals surface area (Å²) in [6, 6.07) is 4.16. The number of halogens is 1. The molecule has 0 heterocycles. The lowest BCUT2D eigenvalue weighted by Gasteiger charge is -2.32. The maximum atomic E-state index is 10.6. The van der Waals surface area contributed by atoms with Gasteiger partial charge in [-0.15, -0.1) is 0 Å². The molecule has 0 aliphatic heterocycles. The zero-order valence-corrected chi connectivity index (χ0v) is 14.6. The molecule has 0 unspecified atom stereocenters. The quantitative estimate of drug-likeness (QED) is 0.811. The van der Waals surface area contributed by atoms with E-state index >= 15 is 0 Å². The molecule has 0 atom stereocenters. The largest absolute Gasteiger partial charge is 0.490 e. The van der Waals surface area contributed by atoms with E-state index in [1.165, 1.54) is 6.42 Å². The first-order valence-corrected chi connectivity index (χ1v) is 8.68. The van der Waals surface area contributed by atoms with E-state index in [0.29, 0.717) is 6.61 Å². The number of ether oxygens (including phenoxy) is 1. The molecule has 2 rings (SSSR count). The van der Waals surface area contributed by atoms with Crippen molar-refractivity contribution in [3.05, 3.63) is 27.7 Å². The van der Waals surface area contributed by atoms with Crippen molar-refractivity contribution < 1.29 is 9.84 Å². The molecule has 1 aromatic carbocycles. The molecule has 1 aromatic rings. The molecule has 1 aliphatic carbocycles. The molecule has 1 saturated carbocycles. The Morgan fingerprint density at radius 3 is 2.67 bits per heavy atom. The molecule has 0 aromatic heterocycles. The van der Waals surface area contributed by atoms with E-state index in [2.05, 4.69) is 47.2 Å². The van der Waals surface area contributed by atoms with E-state index < -0.39 is 5.60 Å². The minimum Gasteiger partial charge on any atom is -0.490 e. The minimum atomic E-state index is -0.646. The van der Waals surface area contributed by atoms with E-state index in [-0.39, 0.29) is 0 Å². The average molecular weight is 356 g/mol. The average Bonchev–Trinajstić information content (AvgIpc) is 2.44. The van der Waals surface area contributed by atoms with Crippen LogP contribution < -0.4 is 10.1 Å². The van der Waals surface area contributed by atoms with Crippen molar-refractivity contribution in [1.29, 1.82) is 0 Å². The summed E-state index contributed by atoms with van der Waals surface area (Å²) in [7, 11) is 0. The van der Waals surface area contributed by atoms with Crippen LogP contribution in [-0.4, -0.2) is 23.9 Å². The molecule has 1 fully saturated rings. The summed E-state index contributed by atoms with van der Waals surface area (Å²) in [6.45, 7) is 6.25. The first-order chi connectivity index (χ1) is 10.0. The first-order valence-electron chi connectivity index (χ1n) is 7.89. The summed E-state index contributed by atoms with van der Waals surface area (Å²) in [5.74, 6) is 0.915. The summed E-state index contributed by atoms with van der Waals surface area (Å²) >= 11 is 3.54. The maximum absolute atomic E-state index is 10.6. The van der Waals surface area contributed by atoms with Gasteiger partial charge in [-0.1, -0.05) is 42.1 Å². The fourth-order valence-corrected chi connectivity index (χ4v) is 3.58. The second kappa shape index (κ2) is 7.61. The highest BCUT2D eigenvalue weighted by Gasteiger charge is 2.30. The fraction of sp³-hybridized carbons (Fsp3) is 0.647. The van der Waals surface area contributed by atoms with Gasteiger partial charge in [0.25, 0.3) is 0 Å². The third-order valence-electron chi connectivity index (χ3n) is 4.15. The third kappa shape index (κ3) is 4.70. The van der Waals surface area contributed by atoms with E-state index in [0.717, 1.165) is 60.1 Å². The zero-order valence-electron chi connectivity index (χ0n) is 13.0. The number of rotatable bonds is 6. The zero-order chi connectivity index (χ0) is 15.3. The molecule has 0 bridgehead atoms. The topological polar surface area (TPSA) is 41.5 Å². The molecule has 4 heteroatoms. The molecule has 0 radical (unpaired) electrons. The van der Waals surface area contributed by atoms with E-state index in [1.807, 2.05) is 0 Å². The van der Waals surface area contributed by atoms with Crippen LogP contribution in [0.15, 0.2) is 16.6 Å². The van der Waals surface area contributed by atoms with Crippen molar-refractivity contribution in [2.75, 3.05) is 13.2 Å². The SMILES string of the molecule is CCNCc1cc(Br)cc(C)c1OCC1(O)CCCCC1. The highest BCUT2D eigenvalue weighted by atomic mass is 79.9. The second-order valence-corrected chi connectivity index (χ2v) is 6.98. The second-order valence-electron chi connectivity index (χ2n) is 6.06. The number of benzene rings is 1. The van der Waals surface area contributed by atoms with Crippen LogP contribution in [0.25, 0.3) is 0 Å². The number of nitrogens with one attached hydrogen (secondary N) is 1. The summed E-state index contributed by atoms with van der Waals surface area (Å²) in [6.07, 6.45) is 5.13. The van der Waals surface area contributed by atoms with Crippen molar-refractivity contribution in [3.63, 3.8) is 0 Å². The Labute approximate surface area is 136 Å². The smallest absolute Gasteiger partial charge is 0.126 e. The molecular weight excluding hydrogens is 330 g/mol. The van der Waals surface area contributed by atoms with Crippen molar-refractivity contribution in [1.82, 2.24) is 5.32 Å². The van der Waals surface area contributed by atoms with Gasteiger partial charge in [-0.25, -0.2) is 0 Å². The van der Waals surface area contributed by atoms with Crippen molar-refractivity contribution >= 4 is 15.9 Å². The molecule has 21 heavy (non-hydrogen) atoms. The van der Waals surface area contributed by atoms with Crippen LogP contribution in [0, 0.1) is 6.92 Å². The highest BCUT2D eigenvalue weighted by molar-refractivity contribution is 9.10. The number of aliphatic hydroxyl groups is 1. The van der Waals surface area contributed by atoms with Gasteiger partial charge in [0.15, 0.2) is 0 Å². The maximum Gasteiger partial charge on any atom is 0.126 e. The molecule has 0 saturated heterocycles. The normalized spacial score (nSPS) is 17.7. The summed E-state index contributed by atoms with van der Waals surface area (Å²) in [5.41, 5.74) is 1.60. The predicted molar refractivity (Wildman–Crippen MR) is 89.8 cm³/mol. The van der Waals surface area contributed by atoms with Crippen molar-refractivity contribution in [2.45, 2.75) is 58.1 Å². The third-order valence-corrected chi connectivity index (χ3v) is 4.61. The van der Waals surface area contributed by atoms with Crippen LogP contribution in [-0.2, 0) is 6.54 Å². The van der Waals surface area contributed by atoms with Gasteiger partial charge in [-0.05, 0) is 44.0 Å². The minimum absolute atomic E-state index is 0.397. The Morgan fingerprint density at radius 1 is 1.29 bits per heavy atom. The van der Waals surface area contributed by atoms with Crippen LogP contribution >= 0.6 is 15.9 Å². The Morgan fingerprint density at radius 2 is 2.00 bits per heavy atom. The summed E-state index contributed by atoms with van der Waals surface area (Å²) in [4.78, 5) is 0. The lowest BCUT2D eigenvalue weighted by molar-refractivity contribution is -0.0342. The standard InChI is InChI=1S/C17H26BrNO2/c1-3-19-11-14-10-15(18)9-13(2)16(14)21-12-17(20)7-5-4-6-8-17/h9-10,19-20H,3-8,11-12H2,1-2H3. The van der Waals surface area contributed by atoms with Gasteiger partial charge >= 0.3 is 0 Å². The Bertz CT molecular complexity index is 470. The number of hydrogen-bond acceptors (Lipinski definition) is 3. The highest BCUT2D eigenvalue weighted by Crippen LogP contribution is 2.32. The number of aryl methyl sites for hydroxylation is 1. The molecule has 2 N–H and O–H groups in total. The van der Waals surface area contributed by atoms with Crippen LogP contribution in [0.5, 0.6) is 5.75 Å². The van der Waals surface area contributed by atoms with Gasteiger partial charge in [-0.3, -0.25) is 0 Å².